The van der Waals surface area contributed by atoms with E-state index in [0.29, 0.717) is 5.52 Å². The maximum absolute atomic E-state index is 5.10. The van der Waals surface area contributed by atoms with Crippen molar-refractivity contribution in [2.24, 2.45) is 0 Å². The van der Waals surface area contributed by atoms with E-state index in [4.69, 9.17) is 9.47 Å². The van der Waals surface area contributed by atoms with Crippen LogP contribution in [0.15, 0.2) is 0 Å². The highest BCUT2D eigenvalue weighted by atomic mass is 79.9. The minimum Gasteiger partial charge on any atom is -0.356 e. The Bertz CT molecular complexity index is 54.9. The highest BCUT2D eigenvalue weighted by molar-refractivity contribution is 9.09. The summed E-state index contributed by atoms with van der Waals surface area (Å²) in [6, 6.07) is 0. The quantitative estimate of drug-likeness (QED) is 0.558. The standard InChI is InChI=1S/C5H10Br2O2/c1-8-5(2-3-6)9-4-7/h5H,2-4H2,1H3. The molecule has 0 saturated carbocycles. The third-order valence-electron chi connectivity index (χ3n) is 0.857. The average Bonchev–Trinajstić information content (AvgIpc) is 1.88. The van der Waals surface area contributed by atoms with Crippen molar-refractivity contribution >= 4 is 31.9 Å². The summed E-state index contributed by atoms with van der Waals surface area (Å²) in [5.41, 5.74) is 0.526. The van der Waals surface area contributed by atoms with E-state index in [2.05, 4.69) is 31.9 Å². The van der Waals surface area contributed by atoms with Crippen molar-refractivity contribution in [3.05, 3.63) is 0 Å². The van der Waals surface area contributed by atoms with Gasteiger partial charge in [0, 0.05) is 18.9 Å². The lowest BCUT2D eigenvalue weighted by Crippen LogP contribution is -2.14. The van der Waals surface area contributed by atoms with E-state index in [-0.39, 0.29) is 6.29 Å². The smallest absolute Gasteiger partial charge is 0.159 e. The summed E-state index contributed by atoms with van der Waals surface area (Å²) in [4.78, 5) is 0. The molecular formula is C5H10Br2O2. The van der Waals surface area contributed by atoms with Crippen LogP contribution >= 0.6 is 31.9 Å². The Kier molecular flexibility index (Phi) is 7.68. The van der Waals surface area contributed by atoms with E-state index in [9.17, 15) is 0 Å². The molecule has 0 aliphatic heterocycles. The van der Waals surface area contributed by atoms with E-state index < -0.39 is 0 Å². The van der Waals surface area contributed by atoms with Crippen LogP contribution in [0.5, 0.6) is 0 Å². The lowest BCUT2D eigenvalue weighted by Gasteiger charge is -2.11. The topological polar surface area (TPSA) is 18.5 Å². The highest BCUT2D eigenvalue weighted by Crippen LogP contribution is 2.02. The Labute approximate surface area is 72.2 Å². The van der Waals surface area contributed by atoms with Gasteiger partial charge < -0.3 is 9.47 Å². The Morgan fingerprint density at radius 1 is 1.44 bits per heavy atom. The number of alkyl halides is 2. The second-order valence-electron chi connectivity index (χ2n) is 1.42. The van der Waals surface area contributed by atoms with Crippen LogP contribution in [0.25, 0.3) is 0 Å². The Morgan fingerprint density at radius 3 is 2.44 bits per heavy atom. The molecule has 0 aliphatic carbocycles. The minimum atomic E-state index is -0.0799. The number of halogens is 2. The van der Waals surface area contributed by atoms with Gasteiger partial charge in [0.05, 0.1) is 0 Å². The van der Waals surface area contributed by atoms with Gasteiger partial charge in [-0.05, 0) is 0 Å². The third kappa shape index (κ3) is 5.33. The summed E-state index contributed by atoms with van der Waals surface area (Å²) >= 11 is 6.43. The van der Waals surface area contributed by atoms with Gasteiger partial charge in [-0.15, -0.1) is 0 Å². The molecule has 0 rings (SSSR count). The average molecular weight is 262 g/mol. The van der Waals surface area contributed by atoms with E-state index in [0.717, 1.165) is 11.8 Å². The van der Waals surface area contributed by atoms with Crippen molar-refractivity contribution in [1.82, 2.24) is 0 Å². The van der Waals surface area contributed by atoms with E-state index in [1.54, 1.807) is 7.11 Å². The lowest BCUT2D eigenvalue weighted by atomic mass is 10.5. The molecule has 0 aliphatic rings. The van der Waals surface area contributed by atoms with Crippen LogP contribution in [-0.4, -0.2) is 24.2 Å². The van der Waals surface area contributed by atoms with Gasteiger partial charge in [0.25, 0.3) is 0 Å². The summed E-state index contributed by atoms with van der Waals surface area (Å²) in [5.74, 6) is 0. The van der Waals surface area contributed by atoms with Crippen molar-refractivity contribution in [2.45, 2.75) is 12.7 Å². The van der Waals surface area contributed by atoms with E-state index >= 15 is 0 Å². The molecule has 4 heteroatoms. The highest BCUT2D eigenvalue weighted by Gasteiger charge is 2.03. The van der Waals surface area contributed by atoms with Gasteiger partial charge in [-0.25, -0.2) is 0 Å². The first kappa shape index (κ1) is 9.88. The maximum Gasteiger partial charge on any atom is 0.159 e. The molecule has 0 fully saturated rings. The van der Waals surface area contributed by atoms with Gasteiger partial charge >= 0.3 is 0 Å². The lowest BCUT2D eigenvalue weighted by molar-refractivity contribution is -0.106. The van der Waals surface area contributed by atoms with Crippen molar-refractivity contribution in [3.63, 3.8) is 0 Å². The van der Waals surface area contributed by atoms with Gasteiger partial charge in [-0.1, -0.05) is 31.9 Å². The van der Waals surface area contributed by atoms with Crippen molar-refractivity contribution < 1.29 is 9.47 Å². The third-order valence-corrected chi connectivity index (χ3v) is 1.58. The minimum absolute atomic E-state index is 0.0799. The van der Waals surface area contributed by atoms with Gasteiger partial charge in [0.1, 0.15) is 5.52 Å². The van der Waals surface area contributed by atoms with Gasteiger partial charge in [0.2, 0.25) is 0 Å². The molecule has 0 aromatic carbocycles. The number of methoxy groups -OCH3 is 1. The van der Waals surface area contributed by atoms with Crippen molar-refractivity contribution in [2.75, 3.05) is 18.0 Å². The predicted octanol–water partition coefficient (Wildman–Crippen LogP) is 2.11. The van der Waals surface area contributed by atoms with Crippen LogP contribution in [0.4, 0.5) is 0 Å². The Morgan fingerprint density at radius 2 is 2.11 bits per heavy atom. The molecule has 0 aromatic rings. The number of hydrogen-bond acceptors (Lipinski definition) is 2. The van der Waals surface area contributed by atoms with Crippen LogP contribution in [0.3, 0.4) is 0 Å². The summed E-state index contributed by atoms with van der Waals surface area (Å²) in [6.45, 7) is 0. The Hall–Kier alpha value is 0.880. The zero-order valence-electron chi connectivity index (χ0n) is 5.27. The first-order valence-electron chi connectivity index (χ1n) is 2.61. The number of hydrogen-bond donors (Lipinski definition) is 0. The summed E-state index contributed by atoms with van der Waals surface area (Å²) in [5, 5.41) is 0.901. The molecule has 56 valence electrons. The summed E-state index contributed by atoms with van der Waals surface area (Å²) < 4.78 is 10.0. The molecule has 2 nitrogen and oxygen atoms in total. The molecule has 0 N–H and O–H groups in total. The van der Waals surface area contributed by atoms with Gasteiger partial charge in [-0.3, -0.25) is 0 Å². The zero-order chi connectivity index (χ0) is 7.11. The molecule has 1 atom stereocenters. The fourth-order valence-corrected chi connectivity index (χ4v) is 1.10. The number of rotatable bonds is 5. The maximum atomic E-state index is 5.10. The summed E-state index contributed by atoms with van der Waals surface area (Å²) in [6.07, 6.45) is 0.797. The normalized spacial score (nSPS) is 13.7. The first-order valence-corrected chi connectivity index (χ1v) is 4.85. The molecule has 0 heterocycles. The predicted molar refractivity (Wildman–Crippen MR) is 44.1 cm³/mol. The fourth-order valence-electron chi connectivity index (χ4n) is 0.429. The van der Waals surface area contributed by atoms with E-state index in [1.165, 1.54) is 0 Å². The Balaban J connectivity index is 3.18. The fraction of sp³-hybridized carbons (Fsp3) is 1.00. The molecule has 0 aromatic heterocycles. The SMILES string of the molecule is COC(CCBr)OCBr. The van der Waals surface area contributed by atoms with Crippen LogP contribution in [0, 0.1) is 0 Å². The molecule has 0 spiro atoms. The molecule has 0 saturated heterocycles. The van der Waals surface area contributed by atoms with Crippen LogP contribution in [0.1, 0.15) is 6.42 Å². The van der Waals surface area contributed by atoms with Crippen LogP contribution in [0.2, 0.25) is 0 Å². The van der Waals surface area contributed by atoms with Crippen LogP contribution in [-0.2, 0) is 9.47 Å². The van der Waals surface area contributed by atoms with Crippen LogP contribution < -0.4 is 0 Å². The molecule has 0 bridgehead atoms. The van der Waals surface area contributed by atoms with Crippen molar-refractivity contribution in [3.8, 4) is 0 Å². The second kappa shape index (κ2) is 6.99. The molecule has 0 radical (unpaired) electrons. The molecule has 0 amide bonds. The zero-order valence-corrected chi connectivity index (χ0v) is 8.44. The number of ether oxygens (including phenoxy) is 2. The van der Waals surface area contributed by atoms with Gasteiger partial charge in [0.15, 0.2) is 6.29 Å². The van der Waals surface area contributed by atoms with Crippen molar-refractivity contribution in [1.29, 1.82) is 0 Å². The van der Waals surface area contributed by atoms with E-state index in [1.807, 2.05) is 0 Å². The summed E-state index contributed by atoms with van der Waals surface area (Å²) in [7, 11) is 1.63. The molecule has 9 heavy (non-hydrogen) atoms. The second-order valence-corrected chi connectivity index (χ2v) is 2.67. The van der Waals surface area contributed by atoms with Gasteiger partial charge in [-0.2, -0.15) is 0 Å². The first-order chi connectivity index (χ1) is 4.35. The largest absolute Gasteiger partial charge is 0.356 e. The molecular weight excluding hydrogens is 252 g/mol. The monoisotopic (exact) mass is 260 g/mol. The molecule has 1 unspecified atom stereocenters.